The molecular weight excluding hydrogens is 228 g/mol. The highest BCUT2D eigenvalue weighted by molar-refractivity contribution is 7.89. The molecule has 1 aliphatic rings. The number of nitrogens with one attached hydrogen (secondary N) is 2. The Bertz CT molecular complexity index is 428. The van der Waals surface area contributed by atoms with Gasteiger partial charge in [-0.05, 0) is 19.9 Å². The summed E-state index contributed by atoms with van der Waals surface area (Å²) in [5, 5.41) is 9.25. The van der Waals surface area contributed by atoms with Gasteiger partial charge in [0.15, 0.2) is 0 Å². The van der Waals surface area contributed by atoms with Crippen LogP contribution in [-0.4, -0.2) is 49.1 Å². The summed E-state index contributed by atoms with van der Waals surface area (Å²) in [5.41, 5.74) is 0. The largest absolute Gasteiger partial charge is 0.318 e. The lowest BCUT2D eigenvalue weighted by atomic mass is 10.2. The summed E-state index contributed by atoms with van der Waals surface area (Å²) < 4.78 is 26.0. The van der Waals surface area contributed by atoms with Crippen LogP contribution >= 0.6 is 0 Å². The minimum absolute atomic E-state index is 0.0601. The van der Waals surface area contributed by atoms with Crippen LogP contribution in [0.25, 0.3) is 0 Å². The molecule has 0 amide bonds. The normalized spacial score (nSPS) is 22.7. The molecule has 0 saturated carbocycles. The van der Waals surface area contributed by atoms with Crippen LogP contribution in [0.2, 0.25) is 0 Å². The Morgan fingerprint density at radius 1 is 1.69 bits per heavy atom. The third kappa shape index (κ3) is 1.98. The highest BCUT2D eigenvalue weighted by atomic mass is 32.2. The first-order valence-electron chi connectivity index (χ1n) is 5.31. The first kappa shape index (κ1) is 11.6. The van der Waals surface area contributed by atoms with E-state index in [-0.39, 0.29) is 10.9 Å². The van der Waals surface area contributed by atoms with Gasteiger partial charge in [-0.15, -0.1) is 0 Å². The van der Waals surface area contributed by atoms with Gasteiger partial charge in [-0.1, -0.05) is 0 Å². The molecule has 1 aromatic rings. The lowest BCUT2D eigenvalue weighted by molar-refractivity contribution is 0.379. The zero-order valence-electron chi connectivity index (χ0n) is 9.18. The van der Waals surface area contributed by atoms with Crippen LogP contribution in [0.1, 0.15) is 12.8 Å². The molecule has 16 heavy (non-hydrogen) atoms. The van der Waals surface area contributed by atoms with Crippen molar-refractivity contribution in [2.75, 3.05) is 20.1 Å². The Hall–Kier alpha value is -0.920. The number of sulfonamides is 1. The second kappa shape index (κ2) is 4.52. The fraction of sp³-hybridized carbons (Fsp3) is 0.667. The summed E-state index contributed by atoms with van der Waals surface area (Å²) in [4.78, 5) is 0.246. The molecule has 0 aliphatic carbocycles. The topological polar surface area (TPSA) is 78.1 Å². The summed E-state index contributed by atoms with van der Waals surface area (Å²) in [6.07, 6.45) is 4.61. The van der Waals surface area contributed by atoms with Gasteiger partial charge in [0, 0.05) is 25.3 Å². The van der Waals surface area contributed by atoms with Crippen molar-refractivity contribution in [3.8, 4) is 0 Å². The Morgan fingerprint density at radius 2 is 2.50 bits per heavy atom. The van der Waals surface area contributed by atoms with Gasteiger partial charge in [0.2, 0.25) is 10.0 Å². The van der Waals surface area contributed by atoms with E-state index in [2.05, 4.69) is 15.5 Å². The van der Waals surface area contributed by atoms with Crippen LogP contribution < -0.4 is 5.32 Å². The molecule has 0 spiro atoms. The molecule has 1 unspecified atom stereocenters. The van der Waals surface area contributed by atoms with Gasteiger partial charge in [-0.3, -0.25) is 5.10 Å². The fourth-order valence-corrected chi connectivity index (χ4v) is 3.68. The molecule has 0 bridgehead atoms. The van der Waals surface area contributed by atoms with Crippen molar-refractivity contribution in [3.63, 3.8) is 0 Å². The van der Waals surface area contributed by atoms with Crippen molar-refractivity contribution < 1.29 is 8.42 Å². The van der Waals surface area contributed by atoms with Crippen molar-refractivity contribution in [1.29, 1.82) is 0 Å². The second-order valence-corrected chi connectivity index (χ2v) is 5.79. The molecule has 2 heterocycles. The van der Waals surface area contributed by atoms with Gasteiger partial charge in [0.1, 0.15) is 4.90 Å². The highest BCUT2D eigenvalue weighted by Crippen LogP contribution is 2.24. The van der Waals surface area contributed by atoms with Gasteiger partial charge in [0.05, 0.1) is 6.20 Å². The molecule has 7 heteroatoms. The van der Waals surface area contributed by atoms with E-state index in [1.165, 1.54) is 12.4 Å². The van der Waals surface area contributed by atoms with Crippen molar-refractivity contribution in [1.82, 2.24) is 19.8 Å². The molecule has 1 aromatic heterocycles. The maximum absolute atomic E-state index is 12.2. The SMILES string of the molecule is CNCC1CCCN1S(=O)(=O)c1cn[nH]c1. The van der Waals surface area contributed by atoms with Gasteiger partial charge >= 0.3 is 0 Å². The van der Waals surface area contributed by atoms with Gasteiger partial charge in [-0.25, -0.2) is 8.42 Å². The van der Waals surface area contributed by atoms with E-state index in [9.17, 15) is 8.42 Å². The predicted molar refractivity (Wildman–Crippen MR) is 59.4 cm³/mol. The lowest BCUT2D eigenvalue weighted by Crippen LogP contribution is -2.40. The average Bonchev–Trinajstić information content (AvgIpc) is 2.88. The summed E-state index contributed by atoms with van der Waals surface area (Å²) in [5.74, 6) is 0. The highest BCUT2D eigenvalue weighted by Gasteiger charge is 2.35. The Balaban J connectivity index is 2.24. The van der Waals surface area contributed by atoms with Crippen molar-refractivity contribution >= 4 is 10.0 Å². The van der Waals surface area contributed by atoms with E-state index >= 15 is 0 Å². The quantitative estimate of drug-likeness (QED) is 0.767. The lowest BCUT2D eigenvalue weighted by Gasteiger charge is -2.22. The van der Waals surface area contributed by atoms with Crippen molar-refractivity contribution in [2.45, 2.75) is 23.8 Å². The predicted octanol–water partition coefficient (Wildman–Crippen LogP) is -0.218. The number of nitrogens with zero attached hydrogens (tertiary/aromatic N) is 2. The van der Waals surface area contributed by atoms with E-state index in [4.69, 9.17) is 0 Å². The number of likely N-dealkylation sites (N-methyl/N-ethyl adjacent to an activating group) is 1. The molecular formula is C9H16N4O2S. The van der Waals surface area contributed by atoms with Crippen LogP contribution in [0.15, 0.2) is 17.3 Å². The van der Waals surface area contributed by atoms with E-state index in [0.29, 0.717) is 13.1 Å². The van der Waals surface area contributed by atoms with Crippen molar-refractivity contribution in [2.24, 2.45) is 0 Å². The molecule has 1 aliphatic heterocycles. The van der Waals surface area contributed by atoms with Crippen LogP contribution in [-0.2, 0) is 10.0 Å². The summed E-state index contributed by atoms with van der Waals surface area (Å²) in [6.45, 7) is 1.29. The molecule has 0 radical (unpaired) electrons. The van der Waals surface area contributed by atoms with E-state index in [1.807, 2.05) is 7.05 Å². The maximum atomic E-state index is 12.2. The first-order valence-corrected chi connectivity index (χ1v) is 6.75. The van der Waals surface area contributed by atoms with E-state index < -0.39 is 10.0 Å². The van der Waals surface area contributed by atoms with E-state index in [1.54, 1.807) is 4.31 Å². The van der Waals surface area contributed by atoms with Crippen LogP contribution in [0.5, 0.6) is 0 Å². The van der Waals surface area contributed by atoms with Gasteiger partial charge in [-0.2, -0.15) is 9.40 Å². The molecule has 1 fully saturated rings. The molecule has 2 rings (SSSR count). The molecule has 2 N–H and O–H groups in total. The summed E-state index contributed by atoms with van der Waals surface area (Å²) in [6, 6.07) is 0.0601. The smallest absolute Gasteiger partial charge is 0.246 e. The summed E-state index contributed by atoms with van der Waals surface area (Å²) >= 11 is 0. The number of H-pyrrole nitrogens is 1. The van der Waals surface area contributed by atoms with E-state index in [0.717, 1.165) is 12.8 Å². The third-order valence-electron chi connectivity index (χ3n) is 2.84. The third-order valence-corrected chi connectivity index (χ3v) is 4.76. The van der Waals surface area contributed by atoms with Crippen LogP contribution in [0.3, 0.4) is 0 Å². The maximum Gasteiger partial charge on any atom is 0.246 e. The fourth-order valence-electron chi connectivity index (χ4n) is 2.08. The van der Waals surface area contributed by atoms with Crippen LogP contribution in [0.4, 0.5) is 0 Å². The second-order valence-electron chi connectivity index (χ2n) is 3.90. The monoisotopic (exact) mass is 244 g/mol. The van der Waals surface area contributed by atoms with Gasteiger partial charge in [0.25, 0.3) is 0 Å². The zero-order chi connectivity index (χ0) is 11.6. The Kier molecular flexibility index (Phi) is 3.27. The Labute approximate surface area is 95.1 Å². The van der Waals surface area contributed by atoms with Crippen LogP contribution in [0, 0.1) is 0 Å². The molecule has 6 nitrogen and oxygen atoms in total. The standard InChI is InChI=1S/C9H16N4O2S/c1-10-5-8-3-2-4-13(8)16(14,15)9-6-11-12-7-9/h6-8,10H,2-5H2,1H3,(H,11,12). The number of rotatable bonds is 4. The zero-order valence-corrected chi connectivity index (χ0v) is 10.00. The number of aromatic nitrogens is 2. The molecule has 1 atom stereocenters. The average molecular weight is 244 g/mol. The van der Waals surface area contributed by atoms with Crippen molar-refractivity contribution in [3.05, 3.63) is 12.4 Å². The minimum Gasteiger partial charge on any atom is -0.318 e. The number of hydrogen-bond donors (Lipinski definition) is 2. The summed E-state index contributed by atoms with van der Waals surface area (Å²) in [7, 11) is -1.53. The molecule has 1 saturated heterocycles. The first-order chi connectivity index (χ1) is 7.66. The molecule has 90 valence electrons. The minimum atomic E-state index is -3.37. The Morgan fingerprint density at radius 3 is 3.12 bits per heavy atom. The number of hydrogen-bond acceptors (Lipinski definition) is 4. The van der Waals surface area contributed by atoms with Gasteiger partial charge < -0.3 is 5.32 Å². The number of aromatic amines is 1. The molecule has 0 aromatic carbocycles.